The van der Waals surface area contributed by atoms with Crippen LogP contribution < -0.4 is 21.3 Å². The maximum absolute atomic E-state index is 2.77. The first-order valence-electron chi connectivity index (χ1n) is 12.5. The molecule has 0 bridgehead atoms. The highest BCUT2D eigenvalue weighted by Crippen LogP contribution is 2.62. The minimum absolute atomic E-state index is 0.146. The lowest BCUT2D eigenvalue weighted by Gasteiger charge is -2.46. The molecule has 4 aliphatic rings. The summed E-state index contributed by atoms with van der Waals surface area (Å²) in [5.41, 5.74) is 12.0. The normalized spacial score (nSPS) is 25.0. The fourth-order valence-corrected chi connectivity index (χ4v) is 8.82. The number of fused-ring (bicyclic) bond motifs is 7. The molecule has 1 saturated carbocycles. The van der Waals surface area contributed by atoms with Crippen molar-refractivity contribution in [1.82, 2.24) is 0 Å². The molecule has 164 valence electrons. The first-order chi connectivity index (χ1) is 16.6. The number of hydrogen-bond donors (Lipinski definition) is 0. The second-order valence-electron chi connectivity index (χ2n) is 10.9. The van der Waals surface area contributed by atoms with Crippen molar-refractivity contribution in [2.24, 2.45) is 0 Å². The minimum Gasteiger partial charge on any atom is -0.335 e. The Morgan fingerprint density at radius 2 is 1.62 bits per heavy atom. The second-order valence-corrected chi connectivity index (χ2v) is 12.0. The molecule has 1 aliphatic carbocycles. The molecule has 3 aliphatic heterocycles. The van der Waals surface area contributed by atoms with Gasteiger partial charge in [0.25, 0.3) is 0 Å². The van der Waals surface area contributed by atoms with Crippen LogP contribution >= 0.6 is 11.8 Å². The van der Waals surface area contributed by atoms with Crippen LogP contribution in [0.2, 0.25) is 0 Å². The quantitative estimate of drug-likeness (QED) is 0.285. The zero-order chi connectivity index (χ0) is 22.7. The third-order valence-corrected chi connectivity index (χ3v) is 10.6. The van der Waals surface area contributed by atoms with Crippen LogP contribution in [0.1, 0.15) is 38.7 Å². The Hall–Kier alpha value is -2.91. The van der Waals surface area contributed by atoms with Crippen LogP contribution in [0, 0.1) is 0 Å². The van der Waals surface area contributed by atoms with Crippen LogP contribution in [0.5, 0.6) is 0 Å². The van der Waals surface area contributed by atoms with Gasteiger partial charge in [0.05, 0.1) is 5.54 Å². The summed E-state index contributed by atoms with van der Waals surface area (Å²) >= 11 is 1.96. The average Bonchev–Trinajstić information content (AvgIpc) is 3.28. The molecule has 0 spiro atoms. The molecule has 2 atom stereocenters. The largest absolute Gasteiger partial charge is 0.335 e. The summed E-state index contributed by atoms with van der Waals surface area (Å²) < 4.78 is 0. The molecule has 1 nitrogen and oxygen atoms in total. The van der Waals surface area contributed by atoms with Crippen molar-refractivity contribution in [3.8, 4) is 11.1 Å². The molecule has 1 fully saturated rings. The van der Waals surface area contributed by atoms with Gasteiger partial charge < -0.3 is 4.90 Å². The fourth-order valence-electron chi connectivity index (χ4n) is 7.61. The zero-order valence-electron chi connectivity index (χ0n) is 19.6. The highest BCUT2D eigenvalue weighted by atomic mass is 32.2. The van der Waals surface area contributed by atoms with E-state index in [1.54, 1.807) is 5.56 Å². The van der Waals surface area contributed by atoms with Crippen LogP contribution in [0.3, 0.4) is 0 Å². The smallest absolute Gasteiger partial charge is 0.249 e. The first-order valence-corrected chi connectivity index (χ1v) is 13.4. The molecule has 3 heterocycles. The van der Waals surface area contributed by atoms with Gasteiger partial charge in [0.15, 0.2) is 0 Å². The van der Waals surface area contributed by atoms with Crippen molar-refractivity contribution < 1.29 is 0 Å². The van der Waals surface area contributed by atoms with Crippen molar-refractivity contribution in [3.05, 3.63) is 90.5 Å². The van der Waals surface area contributed by atoms with Crippen LogP contribution in [-0.4, -0.2) is 12.3 Å². The van der Waals surface area contributed by atoms with E-state index in [-0.39, 0.29) is 11.0 Å². The zero-order valence-corrected chi connectivity index (χ0v) is 20.5. The maximum Gasteiger partial charge on any atom is 0.249 e. The summed E-state index contributed by atoms with van der Waals surface area (Å²) in [7, 11) is 0. The van der Waals surface area contributed by atoms with Gasteiger partial charge in [-0.2, -0.15) is 0 Å². The predicted molar refractivity (Wildman–Crippen MR) is 145 cm³/mol. The van der Waals surface area contributed by atoms with Gasteiger partial charge in [0, 0.05) is 26.6 Å². The lowest BCUT2D eigenvalue weighted by Crippen LogP contribution is -2.62. The van der Waals surface area contributed by atoms with Gasteiger partial charge in [-0.05, 0) is 65.6 Å². The van der Waals surface area contributed by atoms with E-state index in [1.807, 2.05) is 11.8 Å². The molecule has 0 amide bonds. The van der Waals surface area contributed by atoms with Crippen molar-refractivity contribution in [1.29, 1.82) is 0 Å². The van der Waals surface area contributed by atoms with E-state index < -0.39 is 0 Å². The van der Waals surface area contributed by atoms with Gasteiger partial charge in [-0.1, -0.05) is 97.3 Å². The molecule has 0 radical (unpaired) electrons. The molecule has 0 aromatic heterocycles. The lowest BCUT2D eigenvalue weighted by molar-refractivity contribution is 0.330. The van der Waals surface area contributed by atoms with Gasteiger partial charge in [-0.3, -0.25) is 0 Å². The van der Waals surface area contributed by atoms with Crippen molar-refractivity contribution in [2.45, 2.75) is 53.9 Å². The molecule has 3 heteroatoms. The molecular formula is C31H26BNS. The summed E-state index contributed by atoms with van der Waals surface area (Å²) in [4.78, 5) is 5.59. The van der Waals surface area contributed by atoms with Gasteiger partial charge >= 0.3 is 0 Å². The molecule has 1 unspecified atom stereocenters. The lowest BCUT2D eigenvalue weighted by atomic mass is 9.34. The summed E-state index contributed by atoms with van der Waals surface area (Å²) in [6.45, 7) is 5.37. The van der Waals surface area contributed by atoms with Crippen molar-refractivity contribution in [2.75, 3.05) is 4.90 Å². The molecule has 8 rings (SSSR count). The molecule has 4 aromatic carbocycles. The standard InChI is InChI=1S/C31H26BNS/c1-30-17-8-18-31(30,2)33-25-13-7-14-26-28(25)32(24-12-6-11-22(30)29(24)33)23-16-15-21(19-27(23)34-26)20-9-4-3-5-10-20/h3-7,9-16,19H,8,17-18H2,1-2H3/t30-,31?/m0/s1. The number of rotatable bonds is 1. The monoisotopic (exact) mass is 455 g/mol. The van der Waals surface area contributed by atoms with Gasteiger partial charge in [0.1, 0.15) is 0 Å². The Bertz CT molecular complexity index is 1510. The summed E-state index contributed by atoms with van der Waals surface area (Å²) in [6.07, 6.45) is 3.85. The van der Waals surface area contributed by atoms with E-state index in [0.29, 0.717) is 6.71 Å². The maximum atomic E-state index is 2.77. The van der Waals surface area contributed by atoms with Crippen LogP contribution in [0.4, 0.5) is 11.4 Å². The summed E-state index contributed by atoms with van der Waals surface area (Å²) in [5.74, 6) is 0. The number of benzene rings is 4. The highest BCUT2D eigenvalue weighted by molar-refractivity contribution is 8.00. The molecule has 4 aromatic rings. The van der Waals surface area contributed by atoms with Crippen molar-refractivity contribution in [3.63, 3.8) is 0 Å². The van der Waals surface area contributed by atoms with E-state index in [4.69, 9.17) is 0 Å². The van der Waals surface area contributed by atoms with Gasteiger partial charge in [-0.25, -0.2) is 0 Å². The number of hydrogen-bond acceptors (Lipinski definition) is 2. The van der Waals surface area contributed by atoms with Crippen molar-refractivity contribution >= 4 is 46.2 Å². The molecule has 0 N–H and O–H groups in total. The Morgan fingerprint density at radius 1 is 0.765 bits per heavy atom. The third-order valence-electron chi connectivity index (χ3n) is 9.44. The second kappa shape index (κ2) is 6.40. The van der Waals surface area contributed by atoms with Crippen LogP contribution in [0.15, 0.2) is 94.7 Å². The molecular weight excluding hydrogens is 429 g/mol. The third kappa shape index (κ3) is 2.16. The SMILES string of the molecule is CC12CCC[C@@]1(C)c1cccc3c1N2c1cccc2c1B3c1ccc(-c3ccccc3)cc1S2. The number of nitrogens with zero attached hydrogens (tertiary/aromatic N) is 1. The topological polar surface area (TPSA) is 3.24 Å². The fraction of sp³-hybridized carbons (Fsp3) is 0.226. The predicted octanol–water partition coefficient (Wildman–Crippen LogP) is 6.00. The molecule has 0 saturated heterocycles. The summed E-state index contributed by atoms with van der Waals surface area (Å²) in [6, 6.07) is 32.1. The summed E-state index contributed by atoms with van der Waals surface area (Å²) in [5, 5.41) is 0. The van der Waals surface area contributed by atoms with E-state index in [0.717, 1.165) is 0 Å². The first kappa shape index (κ1) is 19.4. The Morgan fingerprint density at radius 3 is 2.50 bits per heavy atom. The highest BCUT2D eigenvalue weighted by Gasteiger charge is 2.62. The number of anilines is 2. The molecule has 34 heavy (non-hydrogen) atoms. The van der Waals surface area contributed by atoms with Crippen LogP contribution in [-0.2, 0) is 5.41 Å². The van der Waals surface area contributed by atoms with E-state index in [2.05, 4.69) is 104 Å². The van der Waals surface area contributed by atoms with Crippen LogP contribution in [0.25, 0.3) is 11.1 Å². The van der Waals surface area contributed by atoms with Gasteiger partial charge in [0.2, 0.25) is 6.71 Å². The Kier molecular flexibility index (Phi) is 3.65. The van der Waals surface area contributed by atoms with E-state index in [9.17, 15) is 0 Å². The van der Waals surface area contributed by atoms with E-state index >= 15 is 0 Å². The average molecular weight is 455 g/mol. The number of para-hydroxylation sites is 1. The minimum atomic E-state index is 0.146. The Balaban J connectivity index is 1.40. The van der Waals surface area contributed by atoms with Gasteiger partial charge in [-0.15, -0.1) is 0 Å². The Labute approximate surface area is 206 Å². The van der Waals surface area contributed by atoms with E-state index in [1.165, 1.54) is 67.9 Å².